The number of carbonyl (C=O) groups excluding carboxylic acids is 1. The molecule has 1 rings (SSSR count). The number of hydrogen-bond donors (Lipinski definition) is 1. The van der Waals surface area contributed by atoms with Gasteiger partial charge in [-0.2, -0.15) is 0 Å². The number of carboxylic acid groups (broad SMARTS) is 1. The Morgan fingerprint density at radius 2 is 1.53 bits per heavy atom. The van der Waals surface area contributed by atoms with E-state index in [1.54, 1.807) is 18.2 Å². The van der Waals surface area contributed by atoms with E-state index in [0.29, 0.717) is 5.92 Å². The molecule has 4 nitrogen and oxygen atoms in total. The maximum absolute atomic E-state index is 12.8. The van der Waals surface area contributed by atoms with Crippen LogP contribution in [0.4, 0.5) is 0 Å². The first-order valence-electron chi connectivity index (χ1n) is 11.9. The van der Waals surface area contributed by atoms with Crippen LogP contribution < -0.4 is 0 Å². The Morgan fingerprint density at radius 3 is 2.10 bits per heavy atom. The summed E-state index contributed by atoms with van der Waals surface area (Å²) in [5.74, 6) is -0.322. The molecule has 0 aliphatic rings. The SMILES string of the molecule is CCCCC(CC)CC(CCCCCCC(C)C)OC(=O)c1ccccc1C(=O)O. The van der Waals surface area contributed by atoms with Gasteiger partial charge in [0.05, 0.1) is 11.1 Å². The Labute approximate surface area is 183 Å². The summed E-state index contributed by atoms with van der Waals surface area (Å²) in [5.41, 5.74) is 0.154. The summed E-state index contributed by atoms with van der Waals surface area (Å²) in [5, 5.41) is 9.38. The van der Waals surface area contributed by atoms with E-state index in [0.717, 1.165) is 44.4 Å². The molecule has 1 N–H and O–H groups in total. The van der Waals surface area contributed by atoms with Crippen LogP contribution in [0.1, 0.15) is 119 Å². The van der Waals surface area contributed by atoms with Crippen LogP contribution >= 0.6 is 0 Å². The first-order chi connectivity index (χ1) is 14.4. The van der Waals surface area contributed by atoms with Gasteiger partial charge in [-0.1, -0.05) is 91.2 Å². The van der Waals surface area contributed by atoms with E-state index in [2.05, 4.69) is 27.7 Å². The fraction of sp³-hybridized carbons (Fsp3) is 0.692. The molecule has 0 radical (unpaired) electrons. The highest BCUT2D eigenvalue weighted by Crippen LogP contribution is 2.25. The predicted octanol–water partition coefficient (Wildman–Crippen LogP) is 7.51. The lowest BCUT2D eigenvalue weighted by atomic mass is 9.91. The standard InChI is InChI=1S/C26H42O4/c1-5-7-15-21(6-2)19-22(16-11-9-8-10-14-20(3)4)30-26(29)24-18-13-12-17-23(24)25(27)28/h12-13,17-18,20-22H,5-11,14-16,19H2,1-4H3,(H,27,28). The van der Waals surface area contributed by atoms with E-state index in [1.807, 2.05) is 0 Å². The van der Waals surface area contributed by atoms with Crippen LogP contribution in [0.25, 0.3) is 0 Å². The first kappa shape index (κ1) is 26.2. The lowest BCUT2D eigenvalue weighted by molar-refractivity contribution is 0.0201. The van der Waals surface area contributed by atoms with Crippen LogP contribution in [-0.4, -0.2) is 23.1 Å². The van der Waals surface area contributed by atoms with Gasteiger partial charge in [-0.05, 0) is 43.2 Å². The molecule has 0 aromatic heterocycles. The van der Waals surface area contributed by atoms with Crippen molar-refractivity contribution >= 4 is 11.9 Å². The second-order valence-electron chi connectivity index (χ2n) is 8.92. The summed E-state index contributed by atoms with van der Waals surface area (Å²) in [6.07, 6.45) is 12.1. The summed E-state index contributed by atoms with van der Waals surface area (Å²) < 4.78 is 5.88. The molecule has 0 fully saturated rings. The number of aromatic carboxylic acids is 1. The average molecular weight is 419 g/mol. The van der Waals surface area contributed by atoms with Gasteiger partial charge in [0.1, 0.15) is 6.10 Å². The number of benzene rings is 1. The third-order valence-electron chi connectivity index (χ3n) is 5.85. The molecule has 2 atom stereocenters. The molecule has 0 aliphatic carbocycles. The van der Waals surface area contributed by atoms with Crippen molar-refractivity contribution in [1.29, 1.82) is 0 Å². The average Bonchev–Trinajstić information content (AvgIpc) is 2.72. The zero-order chi connectivity index (χ0) is 22.4. The van der Waals surface area contributed by atoms with E-state index in [9.17, 15) is 14.7 Å². The van der Waals surface area contributed by atoms with Crippen molar-refractivity contribution in [3.05, 3.63) is 35.4 Å². The van der Waals surface area contributed by atoms with Crippen molar-refractivity contribution in [3.8, 4) is 0 Å². The van der Waals surface area contributed by atoms with Crippen molar-refractivity contribution in [2.24, 2.45) is 11.8 Å². The van der Waals surface area contributed by atoms with Crippen LogP contribution in [0.15, 0.2) is 24.3 Å². The molecule has 0 heterocycles. The van der Waals surface area contributed by atoms with Crippen molar-refractivity contribution in [2.45, 2.75) is 104 Å². The fourth-order valence-electron chi connectivity index (χ4n) is 3.92. The van der Waals surface area contributed by atoms with Gasteiger partial charge < -0.3 is 9.84 Å². The number of unbranched alkanes of at least 4 members (excludes halogenated alkanes) is 4. The van der Waals surface area contributed by atoms with Gasteiger partial charge in [-0.15, -0.1) is 0 Å². The number of hydrogen-bond acceptors (Lipinski definition) is 3. The molecule has 0 amide bonds. The van der Waals surface area contributed by atoms with Crippen molar-refractivity contribution in [3.63, 3.8) is 0 Å². The van der Waals surface area contributed by atoms with Gasteiger partial charge in [0, 0.05) is 0 Å². The third-order valence-corrected chi connectivity index (χ3v) is 5.85. The molecule has 4 heteroatoms. The number of esters is 1. The summed E-state index contributed by atoms with van der Waals surface area (Å²) >= 11 is 0. The minimum atomic E-state index is -1.10. The molecule has 1 aromatic carbocycles. The van der Waals surface area contributed by atoms with Crippen LogP contribution in [-0.2, 0) is 4.74 Å². The molecule has 0 aliphatic heterocycles. The molecular formula is C26H42O4. The van der Waals surface area contributed by atoms with Crippen molar-refractivity contribution < 1.29 is 19.4 Å². The molecule has 1 aromatic rings. The highest BCUT2D eigenvalue weighted by atomic mass is 16.5. The molecule has 170 valence electrons. The van der Waals surface area contributed by atoms with Gasteiger partial charge in [-0.3, -0.25) is 0 Å². The topological polar surface area (TPSA) is 63.6 Å². The fourth-order valence-corrected chi connectivity index (χ4v) is 3.92. The van der Waals surface area contributed by atoms with Crippen molar-refractivity contribution in [2.75, 3.05) is 0 Å². The van der Waals surface area contributed by atoms with E-state index in [-0.39, 0.29) is 17.2 Å². The van der Waals surface area contributed by atoms with Crippen LogP contribution in [0.2, 0.25) is 0 Å². The van der Waals surface area contributed by atoms with Gasteiger partial charge in [0.15, 0.2) is 0 Å². The molecule has 2 unspecified atom stereocenters. The summed E-state index contributed by atoms with van der Waals surface area (Å²) in [6, 6.07) is 6.32. The molecule has 30 heavy (non-hydrogen) atoms. The number of carboxylic acids is 1. The summed E-state index contributed by atoms with van der Waals surface area (Å²) in [7, 11) is 0. The first-order valence-corrected chi connectivity index (χ1v) is 11.9. The molecule has 0 spiro atoms. The van der Waals surface area contributed by atoms with Crippen LogP contribution in [0, 0.1) is 11.8 Å². The van der Waals surface area contributed by atoms with Gasteiger partial charge in [0.25, 0.3) is 0 Å². The zero-order valence-corrected chi connectivity index (χ0v) is 19.5. The van der Waals surface area contributed by atoms with Crippen LogP contribution in [0.5, 0.6) is 0 Å². The summed E-state index contributed by atoms with van der Waals surface area (Å²) in [4.78, 5) is 24.3. The van der Waals surface area contributed by atoms with E-state index in [1.165, 1.54) is 38.2 Å². The molecule has 0 saturated heterocycles. The normalized spacial score (nSPS) is 13.2. The maximum Gasteiger partial charge on any atom is 0.339 e. The predicted molar refractivity (Wildman–Crippen MR) is 123 cm³/mol. The van der Waals surface area contributed by atoms with E-state index >= 15 is 0 Å². The smallest absolute Gasteiger partial charge is 0.339 e. The Hall–Kier alpha value is -1.84. The Bertz CT molecular complexity index is 623. The Balaban J connectivity index is 2.73. The van der Waals surface area contributed by atoms with Crippen molar-refractivity contribution in [1.82, 2.24) is 0 Å². The minimum Gasteiger partial charge on any atom is -0.478 e. The second kappa shape index (κ2) is 15.0. The second-order valence-corrected chi connectivity index (χ2v) is 8.92. The maximum atomic E-state index is 12.8. The van der Waals surface area contributed by atoms with Crippen LogP contribution in [0.3, 0.4) is 0 Å². The minimum absolute atomic E-state index is 0.00737. The lowest BCUT2D eigenvalue weighted by Crippen LogP contribution is -2.23. The molecule has 0 bridgehead atoms. The van der Waals surface area contributed by atoms with Gasteiger partial charge >= 0.3 is 11.9 Å². The number of rotatable bonds is 16. The Kier molecular flexibility index (Phi) is 13.1. The largest absolute Gasteiger partial charge is 0.478 e. The van der Waals surface area contributed by atoms with Gasteiger partial charge in [-0.25, -0.2) is 9.59 Å². The molecular weight excluding hydrogens is 376 g/mol. The number of carbonyl (C=O) groups is 2. The highest BCUT2D eigenvalue weighted by molar-refractivity contribution is 6.02. The highest BCUT2D eigenvalue weighted by Gasteiger charge is 2.23. The zero-order valence-electron chi connectivity index (χ0n) is 19.5. The quantitative estimate of drug-likeness (QED) is 0.223. The monoisotopic (exact) mass is 418 g/mol. The third kappa shape index (κ3) is 10.3. The van der Waals surface area contributed by atoms with E-state index in [4.69, 9.17) is 4.74 Å². The summed E-state index contributed by atoms with van der Waals surface area (Å²) in [6.45, 7) is 8.91. The van der Waals surface area contributed by atoms with E-state index < -0.39 is 11.9 Å². The Morgan fingerprint density at radius 1 is 0.900 bits per heavy atom. The van der Waals surface area contributed by atoms with Gasteiger partial charge in [0.2, 0.25) is 0 Å². The molecule has 0 saturated carbocycles. The lowest BCUT2D eigenvalue weighted by Gasteiger charge is -2.23. The number of ether oxygens (including phenoxy) is 1.